The number of thioether (sulfide) groups is 1. The van der Waals surface area contributed by atoms with Crippen LogP contribution in [0.25, 0.3) is 0 Å². The van der Waals surface area contributed by atoms with Crippen LogP contribution in [0.4, 0.5) is 13.2 Å². The molecule has 0 aromatic rings. The van der Waals surface area contributed by atoms with Crippen LogP contribution in [0.5, 0.6) is 0 Å². The van der Waals surface area contributed by atoms with Crippen molar-refractivity contribution in [2.75, 3.05) is 18.8 Å². The Bertz CT molecular complexity index is 177. The van der Waals surface area contributed by atoms with Crippen LogP contribution in [0.15, 0.2) is 0 Å². The lowest BCUT2D eigenvalue weighted by Crippen LogP contribution is -2.24. The molecule has 1 aliphatic carbocycles. The topological polar surface area (TPSA) is 12.0 Å². The Kier molecular flexibility index (Phi) is 4.13. The molecule has 0 spiro atoms. The van der Waals surface area contributed by atoms with E-state index in [9.17, 15) is 13.2 Å². The molecule has 5 heteroatoms. The second-order valence-corrected chi connectivity index (χ2v) is 4.98. The standard InChI is InChI=1S/C9H16F3NS/c1-2-13-7-8(3-4-8)5-6-14-9(10,11)12/h13H,2-7H2,1H3. The van der Waals surface area contributed by atoms with E-state index in [1.54, 1.807) is 0 Å². The first kappa shape index (κ1) is 12.2. The van der Waals surface area contributed by atoms with Crippen LogP contribution in [0.2, 0.25) is 0 Å². The number of alkyl halides is 3. The largest absolute Gasteiger partial charge is 0.441 e. The molecule has 0 radical (unpaired) electrons. The summed E-state index contributed by atoms with van der Waals surface area (Å²) >= 11 is 0.106. The number of halogens is 3. The summed E-state index contributed by atoms with van der Waals surface area (Å²) in [5.74, 6) is 0.203. The van der Waals surface area contributed by atoms with Gasteiger partial charge in [0, 0.05) is 12.3 Å². The Morgan fingerprint density at radius 3 is 2.43 bits per heavy atom. The fourth-order valence-electron chi connectivity index (χ4n) is 1.47. The molecular weight excluding hydrogens is 211 g/mol. The van der Waals surface area contributed by atoms with Crippen molar-refractivity contribution < 1.29 is 13.2 Å². The molecule has 1 aliphatic rings. The van der Waals surface area contributed by atoms with Gasteiger partial charge in [0.05, 0.1) is 0 Å². The van der Waals surface area contributed by atoms with Crippen molar-refractivity contribution in [3.63, 3.8) is 0 Å². The lowest BCUT2D eigenvalue weighted by atomic mass is 10.0. The van der Waals surface area contributed by atoms with E-state index in [0.717, 1.165) is 25.9 Å². The van der Waals surface area contributed by atoms with Gasteiger partial charge in [-0.25, -0.2) is 0 Å². The summed E-state index contributed by atoms with van der Waals surface area (Å²) in [6, 6.07) is 0. The first-order valence-corrected chi connectivity index (χ1v) is 5.87. The summed E-state index contributed by atoms with van der Waals surface area (Å²) in [6.07, 6.45) is 2.85. The third-order valence-corrected chi connectivity index (χ3v) is 3.34. The van der Waals surface area contributed by atoms with E-state index in [1.165, 1.54) is 0 Å². The molecule has 0 aromatic carbocycles. The molecular formula is C9H16F3NS. The SMILES string of the molecule is CCNCC1(CCSC(F)(F)F)CC1. The van der Waals surface area contributed by atoms with Crippen molar-refractivity contribution >= 4 is 11.8 Å². The molecule has 1 nitrogen and oxygen atoms in total. The maximum atomic E-state index is 11.9. The van der Waals surface area contributed by atoms with Gasteiger partial charge in [-0.15, -0.1) is 0 Å². The molecule has 1 rings (SSSR count). The lowest BCUT2D eigenvalue weighted by molar-refractivity contribution is -0.0328. The van der Waals surface area contributed by atoms with Gasteiger partial charge in [0.15, 0.2) is 0 Å². The fraction of sp³-hybridized carbons (Fsp3) is 1.00. The minimum absolute atomic E-state index is 0.106. The number of hydrogen-bond acceptors (Lipinski definition) is 2. The van der Waals surface area contributed by atoms with E-state index in [2.05, 4.69) is 5.32 Å². The second kappa shape index (κ2) is 4.75. The molecule has 84 valence electrons. The van der Waals surface area contributed by atoms with Crippen molar-refractivity contribution in [1.29, 1.82) is 0 Å². The maximum Gasteiger partial charge on any atom is 0.441 e. The van der Waals surface area contributed by atoms with Gasteiger partial charge in [-0.3, -0.25) is 0 Å². The van der Waals surface area contributed by atoms with Crippen LogP contribution < -0.4 is 5.32 Å². The van der Waals surface area contributed by atoms with Crippen LogP contribution in [0.3, 0.4) is 0 Å². The molecule has 0 heterocycles. The summed E-state index contributed by atoms with van der Waals surface area (Å²) in [6.45, 7) is 3.79. The van der Waals surface area contributed by atoms with Crippen molar-refractivity contribution in [3.8, 4) is 0 Å². The highest BCUT2D eigenvalue weighted by atomic mass is 32.2. The van der Waals surface area contributed by atoms with Crippen LogP contribution in [-0.2, 0) is 0 Å². The highest BCUT2D eigenvalue weighted by Crippen LogP contribution is 2.49. The van der Waals surface area contributed by atoms with Gasteiger partial charge in [0.2, 0.25) is 0 Å². The molecule has 0 atom stereocenters. The Morgan fingerprint density at radius 2 is 2.00 bits per heavy atom. The lowest BCUT2D eigenvalue weighted by Gasteiger charge is -2.15. The van der Waals surface area contributed by atoms with E-state index >= 15 is 0 Å². The molecule has 0 saturated heterocycles. The van der Waals surface area contributed by atoms with Gasteiger partial charge < -0.3 is 5.32 Å². The zero-order valence-corrected chi connectivity index (χ0v) is 9.10. The number of hydrogen-bond donors (Lipinski definition) is 1. The van der Waals surface area contributed by atoms with Gasteiger partial charge in [-0.1, -0.05) is 18.7 Å². The van der Waals surface area contributed by atoms with Gasteiger partial charge in [0.25, 0.3) is 0 Å². The molecule has 0 amide bonds. The van der Waals surface area contributed by atoms with E-state index in [-0.39, 0.29) is 22.9 Å². The van der Waals surface area contributed by atoms with E-state index < -0.39 is 5.51 Å². The Labute approximate surface area is 86.8 Å². The Morgan fingerprint density at radius 1 is 1.36 bits per heavy atom. The first-order valence-electron chi connectivity index (χ1n) is 4.89. The summed E-state index contributed by atoms with van der Waals surface area (Å²) in [5.41, 5.74) is -3.87. The van der Waals surface area contributed by atoms with Gasteiger partial charge >= 0.3 is 5.51 Å². The van der Waals surface area contributed by atoms with Gasteiger partial charge in [0.1, 0.15) is 0 Å². The molecule has 14 heavy (non-hydrogen) atoms. The van der Waals surface area contributed by atoms with Crippen molar-refractivity contribution in [1.82, 2.24) is 5.32 Å². The zero-order chi connectivity index (χ0) is 10.7. The third kappa shape index (κ3) is 4.55. The van der Waals surface area contributed by atoms with Gasteiger partial charge in [-0.2, -0.15) is 13.2 Å². The highest BCUT2D eigenvalue weighted by Gasteiger charge is 2.42. The van der Waals surface area contributed by atoms with E-state index in [1.807, 2.05) is 6.92 Å². The summed E-state index contributed by atoms with van der Waals surface area (Å²) in [4.78, 5) is 0. The molecule has 1 saturated carbocycles. The predicted octanol–water partition coefficient (Wildman–Crippen LogP) is 3.02. The minimum Gasteiger partial charge on any atom is -0.316 e. The molecule has 0 bridgehead atoms. The highest BCUT2D eigenvalue weighted by molar-refractivity contribution is 8.00. The molecule has 1 fully saturated rings. The average Bonchev–Trinajstić information content (AvgIpc) is 2.80. The second-order valence-electron chi connectivity index (χ2n) is 3.82. The van der Waals surface area contributed by atoms with Crippen molar-refractivity contribution in [2.24, 2.45) is 5.41 Å². The van der Waals surface area contributed by atoms with Crippen LogP contribution >= 0.6 is 11.8 Å². The number of rotatable bonds is 6. The molecule has 1 N–H and O–H groups in total. The van der Waals surface area contributed by atoms with Crippen LogP contribution in [0, 0.1) is 5.41 Å². The minimum atomic E-state index is -4.06. The van der Waals surface area contributed by atoms with E-state index in [4.69, 9.17) is 0 Å². The van der Waals surface area contributed by atoms with Crippen LogP contribution in [-0.4, -0.2) is 24.4 Å². The molecule has 0 aliphatic heterocycles. The fourth-order valence-corrected chi connectivity index (χ4v) is 2.23. The summed E-state index contributed by atoms with van der Waals surface area (Å²) in [7, 11) is 0. The van der Waals surface area contributed by atoms with Crippen LogP contribution in [0.1, 0.15) is 26.2 Å². The smallest absolute Gasteiger partial charge is 0.316 e. The summed E-state index contributed by atoms with van der Waals surface area (Å²) < 4.78 is 35.6. The van der Waals surface area contributed by atoms with E-state index in [0.29, 0.717) is 6.42 Å². The molecule has 0 unspecified atom stereocenters. The number of nitrogens with one attached hydrogen (secondary N) is 1. The third-order valence-electron chi connectivity index (χ3n) is 2.61. The first-order chi connectivity index (χ1) is 6.47. The maximum absolute atomic E-state index is 11.9. The Hall–Kier alpha value is 0.100. The van der Waals surface area contributed by atoms with Crippen molar-refractivity contribution in [3.05, 3.63) is 0 Å². The monoisotopic (exact) mass is 227 g/mol. The quantitative estimate of drug-likeness (QED) is 0.748. The molecule has 0 aromatic heterocycles. The normalized spacial score (nSPS) is 19.7. The predicted molar refractivity (Wildman–Crippen MR) is 53.3 cm³/mol. The zero-order valence-electron chi connectivity index (χ0n) is 8.28. The average molecular weight is 227 g/mol. The van der Waals surface area contributed by atoms with Gasteiger partial charge in [-0.05, 0) is 31.2 Å². The van der Waals surface area contributed by atoms with Crippen molar-refractivity contribution in [2.45, 2.75) is 31.7 Å². The summed E-state index contributed by atoms with van der Waals surface area (Å²) in [5, 5.41) is 3.21. The Balaban J connectivity index is 2.11.